The van der Waals surface area contributed by atoms with Crippen LogP contribution < -0.4 is 15.4 Å². The minimum Gasteiger partial charge on any atom is -0.495 e. The van der Waals surface area contributed by atoms with Gasteiger partial charge in [-0.25, -0.2) is 4.79 Å². The highest BCUT2D eigenvalue weighted by Crippen LogP contribution is 2.27. The van der Waals surface area contributed by atoms with Gasteiger partial charge < -0.3 is 20.1 Å². The van der Waals surface area contributed by atoms with Gasteiger partial charge in [0.05, 0.1) is 12.1 Å². The Bertz CT molecular complexity index is 819. The lowest BCUT2D eigenvalue weighted by molar-refractivity contribution is -0.118. The Balaban J connectivity index is 2.17. The summed E-state index contributed by atoms with van der Waals surface area (Å²) in [5, 5.41) is 5.87. The van der Waals surface area contributed by atoms with Crippen molar-refractivity contribution in [3.05, 3.63) is 59.1 Å². The number of alkyl carbamates (subject to hydrolysis) is 1. The highest BCUT2D eigenvalue weighted by molar-refractivity contribution is 6.32. The summed E-state index contributed by atoms with van der Waals surface area (Å²) in [4.78, 5) is 25.1. The van der Waals surface area contributed by atoms with E-state index in [2.05, 4.69) is 10.6 Å². The fourth-order valence-corrected chi connectivity index (χ4v) is 2.67. The van der Waals surface area contributed by atoms with Gasteiger partial charge in [0.1, 0.15) is 17.4 Å². The average molecular weight is 405 g/mol. The van der Waals surface area contributed by atoms with E-state index in [9.17, 15) is 9.59 Å². The van der Waals surface area contributed by atoms with Crippen molar-refractivity contribution in [1.82, 2.24) is 5.32 Å². The Morgan fingerprint density at radius 2 is 1.79 bits per heavy atom. The molecule has 0 spiro atoms. The largest absolute Gasteiger partial charge is 0.495 e. The predicted octanol–water partition coefficient (Wildman–Crippen LogP) is 4.42. The fraction of sp³-hybridized carbons (Fsp3) is 0.333. The van der Waals surface area contributed by atoms with Gasteiger partial charge in [-0.2, -0.15) is 0 Å². The molecule has 7 heteroatoms. The monoisotopic (exact) mass is 404 g/mol. The maximum Gasteiger partial charge on any atom is 0.408 e. The molecule has 2 amide bonds. The van der Waals surface area contributed by atoms with Crippen LogP contribution in [0.25, 0.3) is 0 Å². The zero-order valence-electron chi connectivity index (χ0n) is 16.4. The quantitative estimate of drug-likeness (QED) is 0.747. The molecule has 2 N–H and O–H groups in total. The van der Waals surface area contributed by atoms with Crippen molar-refractivity contribution in [3.63, 3.8) is 0 Å². The molecule has 0 heterocycles. The Morgan fingerprint density at radius 1 is 1.11 bits per heavy atom. The number of benzene rings is 2. The molecule has 2 aromatic rings. The van der Waals surface area contributed by atoms with Crippen molar-refractivity contribution in [2.75, 3.05) is 12.4 Å². The molecule has 0 aliphatic carbocycles. The van der Waals surface area contributed by atoms with Crippen LogP contribution in [-0.4, -0.2) is 30.8 Å². The summed E-state index contributed by atoms with van der Waals surface area (Å²) in [6, 6.07) is 13.5. The third kappa shape index (κ3) is 6.78. The maximum absolute atomic E-state index is 12.8. The van der Waals surface area contributed by atoms with Crippen LogP contribution in [0, 0.1) is 0 Å². The number of hydrogen-bond donors (Lipinski definition) is 2. The first kappa shape index (κ1) is 21.6. The van der Waals surface area contributed by atoms with E-state index >= 15 is 0 Å². The molecule has 0 aliphatic heterocycles. The molecule has 6 nitrogen and oxygen atoms in total. The fourth-order valence-electron chi connectivity index (χ4n) is 2.48. The molecule has 0 saturated carbocycles. The van der Waals surface area contributed by atoms with Gasteiger partial charge in [0.15, 0.2) is 0 Å². The molecule has 2 rings (SSSR count). The lowest BCUT2D eigenvalue weighted by Crippen LogP contribution is -2.47. The number of nitrogens with one attached hydrogen (secondary N) is 2. The number of methoxy groups -OCH3 is 1. The summed E-state index contributed by atoms with van der Waals surface area (Å²) in [6.07, 6.45) is -0.339. The van der Waals surface area contributed by atoms with Gasteiger partial charge in [0.25, 0.3) is 0 Å². The van der Waals surface area contributed by atoms with Crippen LogP contribution >= 0.6 is 11.6 Å². The third-order valence-corrected chi connectivity index (χ3v) is 4.02. The van der Waals surface area contributed by atoms with Crippen LogP contribution in [0.15, 0.2) is 48.5 Å². The second-order valence-electron chi connectivity index (χ2n) is 7.23. The predicted molar refractivity (Wildman–Crippen MR) is 110 cm³/mol. The number of amides is 2. The van der Waals surface area contributed by atoms with Crippen LogP contribution in [0.2, 0.25) is 5.02 Å². The van der Waals surface area contributed by atoms with Crippen LogP contribution in [0.3, 0.4) is 0 Å². The van der Waals surface area contributed by atoms with E-state index in [0.29, 0.717) is 22.9 Å². The molecule has 28 heavy (non-hydrogen) atoms. The molecule has 0 saturated heterocycles. The van der Waals surface area contributed by atoms with Gasteiger partial charge in [-0.05, 0) is 38.5 Å². The first-order valence-corrected chi connectivity index (χ1v) is 9.23. The summed E-state index contributed by atoms with van der Waals surface area (Å²) in [7, 11) is 1.50. The highest BCUT2D eigenvalue weighted by Gasteiger charge is 2.25. The van der Waals surface area contributed by atoms with Crippen molar-refractivity contribution >= 4 is 29.3 Å². The SMILES string of the molecule is COc1cc(NC(=O)C(Cc2ccccc2)NC(=O)OC(C)(C)C)ccc1Cl. The van der Waals surface area contributed by atoms with Crippen LogP contribution in [0.5, 0.6) is 5.75 Å². The Hall–Kier alpha value is -2.73. The van der Waals surface area contributed by atoms with Gasteiger partial charge in [-0.1, -0.05) is 41.9 Å². The zero-order chi connectivity index (χ0) is 20.7. The topological polar surface area (TPSA) is 76.7 Å². The summed E-state index contributed by atoms with van der Waals surface area (Å²) in [6.45, 7) is 5.29. The smallest absolute Gasteiger partial charge is 0.408 e. The molecular formula is C21H25ClN2O4. The van der Waals surface area contributed by atoms with Crippen molar-refractivity contribution in [3.8, 4) is 5.75 Å². The Morgan fingerprint density at radius 3 is 2.39 bits per heavy atom. The summed E-state index contributed by atoms with van der Waals surface area (Å²) in [5.41, 5.74) is 0.754. The molecule has 2 aromatic carbocycles. The molecular weight excluding hydrogens is 380 g/mol. The van der Waals surface area contributed by atoms with E-state index in [1.165, 1.54) is 7.11 Å². The van der Waals surface area contributed by atoms with Gasteiger partial charge in [0, 0.05) is 18.2 Å². The molecule has 0 bridgehead atoms. The standard InChI is InChI=1S/C21H25ClN2O4/c1-21(2,3)28-20(26)24-17(12-14-8-6-5-7-9-14)19(25)23-15-10-11-16(22)18(13-15)27-4/h5-11,13,17H,12H2,1-4H3,(H,23,25)(H,24,26). The van der Waals surface area contributed by atoms with E-state index in [0.717, 1.165) is 5.56 Å². The number of carbonyl (C=O) groups excluding carboxylic acids is 2. The van der Waals surface area contributed by atoms with Crippen molar-refractivity contribution < 1.29 is 19.1 Å². The second-order valence-corrected chi connectivity index (χ2v) is 7.63. The molecule has 1 unspecified atom stereocenters. The number of rotatable bonds is 6. The average Bonchev–Trinajstić information content (AvgIpc) is 2.62. The number of carbonyl (C=O) groups is 2. The van der Waals surface area contributed by atoms with Crippen LogP contribution in [-0.2, 0) is 16.0 Å². The minimum absolute atomic E-state index is 0.316. The van der Waals surface area contributed by atoms with Gasteiger partial charge in [-0.3, -0.25) is 4.79 Å². The van der Waals surface area contributed by atoms with Crippen molar-refractivity contribution in [2.45, 2.75) is 38.8 Å². The van der Waals surface area contributed by atoms with E-state index in [1.807, 2.05) is 30.3 Å². The Kier molecular flexibility index (Phi) is 7.29. The second kappa shape index (κ2) is 9.46. The first-order chi connectivity index (χ1) is 13.2. The summed E-state index contributed by atoms with van der Waals surface area (Å²) < 4.78 is 10.5. The molecule has 0 radical (unpaired) electrons. The molecule has 150 valence electrons. The first-order valence-electron chi connectivity index (χ1n) is 8.86. The van der Waals surface area contributed by atoms with Crippen LogP contribution in [0.1, 0.15) is 26.3 Å². The molecule has 0 fully saturated rings. The third-order valence-electron chi connectivity index (χ3n) is 3.71. The van der Waals surface area contributed by atoms with Crippen LogP contribution in [0.4, 0.5) is 10.5 Å². The van der Waals surface area contributed by atoms with E-state index < -0.39 is 17.7 Å². The number of ether oxygens (including phenoxy) is 2. The van der Waals surface area contributed by atoms with Gasteiger partial charge >= 0.3 is 6.09 Å². The summed E-state index contributed by atoms with van der Waals surface area (Å²) >= 11 is 6.02. The van der Waals surface area contributed by atoms with E-state index in [-0.39, 0.29) is 5.91 Å². The lowest BCUT2D eigenvalue weighted by atomic mass is 10.1. The minimum atomic E-state index is -0.820. The normalized spacial score (nSPS) is 12.0. The van der Waals surface area contributed by atoms with E-state index in [4.69, 9.17) is 21.1 Å². The van der Waals surface area contributed by atoms with E-state index in [1.54, 1.807) is 39.0 Å². The van der Waals surface area contributed by atoms with Gasteiger partial charge in [-0.15, -0.1) is 0 Å². The zero-order valence-corrected chi connectivity index (χ0v) is 17.2. The summed E-state index contributed by atoms with van der Waals surface area (Å²) in [5.74, 6) is 0.0678. The maximum atomic E-state index is 12.8. The van der Waals surface area contributed by atoms with Crippen molar-refractivity contribution in [1.29, 1.82) is 0 Å². The number of anilines is 1. The highest BCUT2D eigenvalue weighted by atomic mass is 35.5. The van der Waals surface area contributed by atoms with Crippen molar-refractivity contribution in [2.24, 2.45) is 0 Å². The number of hydrogen-bond acceptors (Lipinski definition) is 4. The lowest BCUT2D eigenvalue weighted by Gasteiger charge is -2.23. The molecule has 0 aromatic heterocycles. The molecule has 1 atom stereocenters. The van der Waals surface area contributed by atoms with Gasteiger partial charge in [0.2, 0.25) is 5.91 Å². The Labute approximate surface area is 170 Å². The molecule has 0 aliphatic rings. The number of halogens is 1.